The van der Waals surface area contributed by atoms with Gasteiger partial charge in [-0.2, -0.15) is 0 Å². The second kappa shape index (κ2) is 9.48. The molecule has 0 saturated heterocycles. The summed E-state index contributed by atoms with van der Waals surface area (Å²) in [6.07, 6.45) is 11.8. The van der Waals surface area contributed by atoms with Gasteiger partial charge >= 0.3 is 0 Å². The summed E-state index contributed by atoms with van der Waals surface area (Å²) in [5, 5.41) is 0. The zero-order valence-electron chi connectivity index (χ0n) is 24.2. The summed E-state index contributed by atoms with van der Waals surface area (Å²) in [5.74, 6) is -1.66. The number of thiophene rings is 4. The highest BCUT2D eigenvalue weighted by atomic mass is 32.1. The second-order valence-corrected chi connectivity index (χ2v) is 16.7. The summed E-state index contributed by atoms with van der Waals surface area (Å²) in [5.41, 5.74) is 5.90. The van der Waals surface area contributed by atoms with E-state index < -0.39 is 23.1 Å². The Balaban J connectivity index is 1.10. The Morgan fingerprint density at radius 1 is 0.565 bits per heavy atom. The van der Waals surface area contributed by atoms with Gasteiger partial charge in [-0.3, -0.25) is 19.2 Å². The van der Waals surface area contributed by atoms with Crippen molar-refractivity contribution in [2.75, 3.05) is 0 Å². The standard InChI is InChI=1S/C38H22O4S4/c39-29-22-10-4-2-8-20(22)24(31(29)41)14-18-15-26-28(38(18)12-6-1-7-13-38)34-36(44-26)37-35(46-34)33-27(45-37)17-19(43-33)16-25-21-9-3-5-11-23(21)30(40)32(25)42/h2-5,8-11,14-17H,1,6-7,12-13H2/b24-14-,25-16-. The summed E-state index contributed by atoms with van der Waals surface area (Å²) in [4.78, 5) is 53.7. The van der Waals surface area contributed by atoms with Crippen molar-refractivity contribution in [1.29, 1.82) is 0 Å². The molecule has 4 aliphatic carbocycles. The van der Waals surface area contributed by atoms with E-state index in [1.165, 1.54) is 50.6 Å². The van der Waals surface area contributed by atoms with Gasteiger partial charge in [0, 0.05) is 42.1 Å². The molecule has 1 saturated carbocycles. The van der Waals surface area contributed by atoms with Crippen molar-refractivity contribution in [3.8, 4) is 0 Å². The summed E-state index contributed by atoms with van der Waals surface area (Å²) >= 11 is 7.22. The van der Waals surface area contributed by atoms with Crippen LogP contribution in [0.1, 0.15) is 79.3 Å². The highest BCUT2D eigenvalue weighted by Gasteiger charge is 2.46. The fourth-order valence-electron chi connectivity index (χ4n) is 7.98. The maximum atomic E-state index is 13.2. The van der Waals surface area contributed by atoms with Gasteiger partial charge in [0.1, 0.15) is 0 Å². The van der Waals surface area contributed by atoms with Crippen LogP contribution in [-0.2, 0) is 15.0 Å². The van der Waals surface area contributed by atoms with Crippen LogP contribution in [0.5, 0.6) is 0 Å². The number of carbonyl (C=O) groups excluding carboxylic acids is 4. The molecule has 8 heteroatoms. The molecule has 0 bridgehead atoms. The zero-order chi connectivity index (χ0) is 30.9. The molecule has 222 valence electrons. The van der Waals surface area contributed by atoms with Gasteiger partial charge < -0.3 is 0 Å². The average molecular weight is 671 g/mol. The van der Waals surface area contributed by atoms with Crippen molar-refractivity contribution in [2.45, 2.75) is 37.5 Å². The third kappa shape index (κ3) is 3.47. The molecule has 4 aliphatic rings. The maximum Gasteiger partial charge on any atom is 0.234 e. The van der Waals surface area contributed by atoms with Crippen LogP contribution < -0.4 is 0 Å². The first-order valence-electron chi connectivity index (χ1n) is 15.4. The molecule has 4 aromatic heterocycles. The molecule has 0 amide bonds. The summed E-state index contributed by atoms with van der Waals surface area (Å²) in [6, 6.07) is 16.8. The minimum Gasteiger partial charge on any atom is -0.285 e. The third-order valence-corrected chi connectivity index (χ3v) is 15.4. The van der Waals surface area contributed by atoms with E-state index in [1.54, 1.807) is 29.5 Å². The number of fused-ring (bicyclic) bond motifs is 10. The minimum atomic E-state index is -0.432. The van der Waals surface area contributed by atoms with E-state index >= 15 is 0 Å². The Morgan fingerprint density at radius 3 is 1.83 bits per heavy atom. The summed E-state index contributed by atoms with van der Waals surface area (Å²) in [6.45, 7) is 0. The first kappa shape index (κ1) is 27.1. The molecule has 0 N–H and O–H groups in total. The SMILES string of the molecule is O=C1C(=O)c2ccccc2/C1=C/C1=Cc2sc3c(sc4c5sc(/C=C6\C(=O)C(=O)c7ccccc76)cc5sc34)c2C12CCCCC2. The molecular weight excluding hydrogens is 649 g/mol. The molecule has 1 spiro atoms. The van der Waals surface area contributed by atoms with Crippen molar-refractivity contribution in [1.82, 2.24) is 0 Å². The molecule has 6 aromatic rings. The number of Topliss-reactive ketones (excluding diaryl/α,β-unsaturated/α-hetero) is 4. The Morgan fingerprint density at radius 2 is 1.15 bits per heavy atom. The quantitative estimate of drug-likeness (QED) is 0.136. The predicted molar refractivity (Wildman–Crippen MR) is 191 cm³/mol. The largest absolute Gasteiger partial charge is 0.285 e. The Hall–Kier alpha value is -4.08. The van der Waals surface area contributed by atoms with Crippen LogP contribution in [0.25, 0.3) is 51.5 Å². The van der Waals surface area contributed by atoms with Crippen LogP contribution in [0.4, 0.5) is 0 Å². The number of benzene rings is 2. The maximum absolute atomic E-state index is 13.2. The molecule has 2 aromatic carbocycles. The molecule has 1 fully saturated rings. The number of hydrogen-bond acceptors (Lipinski definition) is 8. The van der Waals surface area contributed by atoms with Crippen LogP contribution in [0.3, 0.4) is 0 Å². The van der Waals surface area contributed by atoms with Gasteiger partial charge in [-0.25, -0.2) is 0 Å². The van der Waals surface area contributed by atoms with Gasteiger partial charge in [0.15, 0.2) is 0 Å². The van der Waals surface area contributed by atoms with E-state index in [1.807, 2.05) is 76.5 Å². The molecule has 10 rings (SSSR count). The molecule has 4 heterocycles. The van der Waals surface area contributed by atoms with Crippen LogP contribution in [0, 0.1) is 0 Å². The average Bonchev–Trinajstić information content (AvgIpc) is 3.91. The molecular formula is C38H22O4S4. The van der Waals surface area contributed by atoms with Crippen LogP contribution in [-0.4, -0.2) is 23.1 Å². The highest BCUT2D eigenvalue weighted by Crippen LogP contribution is 2.61. The first-order chi connectivity index (χ1) is 22.4. The normalized spacial score (nSPS) is 20.3. The van der Waals surface area contributed by atoms with E-state index in [9.17, 15) is 19.2 Å². The summed E-state index contributed by atoms with van der Waals surface area (Å²) in [7, 11) is 0. The van der Waals surface area contributed by atoms with E-state index in [4.69, 9.17) is 0 Å². The van der Waals surface area contributed by atoms with Gasteiger partial charge in [-0.05, 0) is 59.4 Å². The highest BCUT2D eigenvalue weighted by molar-refractivity contribution is 7.44. The first-order valence-corrected chi connectivity index (χ1v) is 18.6. The molecule has 0 atom stereocenters. The minimum absolute atomic E-state index is 0.153. The lowest BCUT2D eigenvalue weighted by Crippen LogP contribution is -2.28. The Kier molecular flexibility index (Phi) is 5.58. The number of ketones is 4. The molecule has 46 heavy (non-hydrogen) atoms. The number of hydrogen-bond donors (Lipinski definition) is 0. The monoisotopic (exact) mass is 670 g/mol. The predicted octanol–water partition coefficient (Wildman–Crippen LogP) is 10.1. The lowest BCUT2D eigenvalue weighted by Gasteiger charge is -2.36. The molecule has 0 aliphatic heterocycles. The van der Waals surface area contributed by atoms with Crippen molar-refractivity contribution in [3.63, 3.8) is 0 Å². The van der Waals surface area contributed by atoms with Crippen molar-refractivity contribution in [2.24, 2.45) is 0 Å². The number of allylic oxidation sites excluding steroid dienone is 4. The van der Waals surface area contributed by atoms with Crippen LogP contribution in [0.2, 0.25) is 0 Å². The fraction of sp³-hybridized carbons (Fsp3) is 0.158. The van der Waals surface area contributed by atoms with Crippen LogP contribution >= 0.6 is 45.3 Å². The topological polar surface area (TPSA) is 68.3 Å². The zero-order valence-corrected chi connectivity index (χ0v) is 27.5. The molecule has 0 radical (unpaired) electrons. The van der Waals surface area contributed by atoms with E-state index in [0.29, 0.717) is 22.3 Å². The molecule has 4 nitrogen and oxygen atoms in total. The van der Waals surface area contributed by atoms with Crippen molar-refractivity contribution >= 4 is 120 Å². The molecule has 0 unspecified atom stereocenters. The smallest absolute Gasteiger partial charge is 0.234 e. The Bertz CT molecular complexity index is 2530. The van der Waals surface area contributed by atoms with Gasteiger partial charge in [-0.1, -0.05) is 67.8 Å². The van der Waals surface area contributed by atoms with Gasteiger partial charge in [0.2, 0.25) is 23.1 Å². The summed E-state index contributed by atoms with van der Waals surface area (Å²) < 4.78 is 7.74. The van der Waals surface area contributed by atoms with E-state index in [2.05, 4.69) is 12.1 Å². The number of carbonyl (C=O) groups is 4. The second-order valence-electron chi connectivity index (χ2n) is 12.5. The third-order valence-electron chi connectivity index (χ3n) is 10.1. The lowest BCUT2D eigenvalue weighted by molar-refractivity contribution is -0.110. The van der Waals surface area contributed by atoms with Crippen molar-refractivity contribution in [3.05, 3.63) is 104 Å². The van der Waals surface area contributed by atoms with E-state index in [0.717, 1.165) is 41.7 Å². The Labute approximate surface area is 279 Å². The van der Waals surface area contributed by atoms with Gasteiger partial charge in [0.25, 0.3) is 0 Å². The number of rotatable bonds is 2. The van der Waals surface area contributed by atoms with Gasteiger partial charge in [-0.15, -0.1) is 45.3 Å². The van der Waals surface area contributed by atoms with Gasteiger partial charge in [0.05, 0.1) is 23.5 Å². The van der Waals surface area contributed by atoms with Crippen LogP contribution in [0.15, 0.2) is 66.2 Å². The van der Waals surface area contributed by atoms with Crippen molar-refractivity contribution < 1.29 is 19.2 Å². The van der Waals surface area contributed by atoms with E-state index in [-0.39, 0.29) is 5.41 Å². The fourth-order valence-corrected chi connectivity index (χ4v) is 14.0. The lowest BCUT2D eigenvalue weighted by atomic mass is 9.67.